The van der Waals surface area contributed by atoms with Crippen molar-refractivity contribution in [2.24, 2.45) is 0 Å². The predicted octanol–water partition coefficient (Wildman–Crippen LogP) is 4.57. The van der Waals surface area contributed by atoms with E-state index in [0.29, 0.717) is 11.1 Å². The van der Waals surface area contributed by atoms with E-state index in [2.05, 4.69) is 10.6 Å². The number of amides is 2. The van der Waals surface area contributed by atoms with Gasteiger partial charge in [-0.15, -0.1) is 0 Å². The van der Waals surface area contributed by atoms with E-state index in [0.717, 1.165) is 11.1 Å². The Bertz CT molecular complexity index is 1300. The molecule has 6 heteroatoms. The molecule has 0 radical (unpaired) electrons. The smallest absolute Gasteiger partial charge is 0.330 e. The molecule has 0 spiro atoms. The lowest BCUT2D eigenvalue weighted by molar-refractivity contribution is -0.152. The average Bonchev–Trinajstić information content (AvgIpc) is 2.94. The van der Waals surface area contributed by atoms with Crippen molar-refractivity contribution in [3.05, 3.63) is 144 Å². The van der Waals surface area contributed by atoms with Gasteiger partial charge < -0.3 is 15.4 Å². The molecule has 2 unspecified atom stereocenters. The molecule has 6 nitrogen and oxygen atoms in total. The van der Waals surface area contributed by atoms with Crippen molar-refractivity contribution < 1.29 is 19.1 Å². The first-order valence-electron chi connectivity index (χ1n) is 12.1. The maximum Gasteiger partial charge on any atom is 0.330 e. The molecule has 4 aromatic rings. The van der Waals surface area contributed by atoms with Gasteiger partial charge in [0.1, 0.15) is 6.04 Å². The molecule has 0 aromatic heterocycles. The van der Waals surface area contributed by atoms with Crippen molar-refractivity contribution in [1.29, 1.82) is 0 Å². The van der Waals surface area contributed by atoms with Gasteiger partial charge in [0.2, 0.25) is 0 Å². The molecule has 0 heterocycles. The molecular weight excluding hydrogens is 464 g/mol. The van der Waals surface area contributed by atoms with Gasteiger partial charge in [-0.25, -0.2) is 4.79 Å². The summed E-state index contributed by atoms with van der Waals surface area (Å²) in [5.41, 5.74) is 2.65. The first-order valence-corrected chi connectivity index (χ1v) is 12.1. The zero-order chi connectivity index (χ0) is 25.9. The van der Waals surface area contributed by atoms with Crippen LogP contribution in [-0.4, -0.2) is 30.1 Å². The van der Waals surface area contributed by atoms with Crippen molar-refractivity contribution in [2.75, 3.05) is 0 Å². The third-order valence-corrected chi connectivity index (χ3v) is 5.76. The van der Waals surface area contributed by atoms with Crippen molar-refractivity contribution >= 4 is 17.8 Å². The van der Waals surface area contributed by atoms with Crippen LogP contribution in [0.2, 0.25) is 0 Å². The van der Waals surface area contributed by atoms with Crippen LogP contribution >= 0.6 is 0 Å². The van der Waals surface area contributed by atoms with Crippen LogP contribution in [0.3, 0.4) is 0 Å². The van der Waals surface area contributed by atoms with Crippen molar-refractivity contribution in [2.45, 2.75) is 25.1 Å². The summed E-state index contributed by atoms with van der Waals surface area (Å²) in [6.07, 6.45) is -0.423. The van der Waals surface area contributed by atoms with E-state index in [4.69, 9.17) is 4.74 Å². The quantitative estimate of drug-likeness (QED) is 0.251. The zero-order valence-corrected chi connectivity index (χ0v) is 20.2. The van der Waals surface area contributed by atoms with Crippen molar-refractivity contribution in [3.63, 3.8) is 0 Å². The Labute approximate surface area is 216 Å². The maximum absolute atomic E-state index is 13.4. The van der Waals surface area contributed by atoms with Crippen LogP contribution in [0, 0.1) is 0 Å². The zero-order valence-electron chi connectivity index (χ0n) is 20.2. The number of hydrogen-bond acceptors (Lipinski definition) is 4. The largest absolute Gasteiger partial charge is 0.440 e. The minimum Gasteiger partial charge on any atom is -0.440 e. The molecule has 4 rings (SSSR count). The van der Waals surface area contributed by atoms with Gasteiger partial charge >= 0.3 is 5.97 Å². The van der Waals surface area contributed by atoms with E-state index < -0.39 is 18.2 Å². The fourth-order valence-electron chi connectivity index (χ4n) is 3.87. The van der Waals surface area contributed by atoms with Crippen LogP contribution in [-0.2, 0) is 22.4 Å². The molecule has 2 atom stereocenters. The number of carbonyl (C=O) groups is 3. The molecule has 0 bridgehead atoms. The molecule has 0 aliphatic rings. The molecule has 0 saturated carbocycles. The standard InChI is InChI=1S/C31H28N2O4/c34-29(25-17-9-3-10-18-25)32-27(21-23-13-5-1-6-14-23)31(36)37-28(22-24-15-7-2-8-16-24)33-30(35)26-19-11-4-12-20-26/h1-20,27-28H,21-22H2,(H,32,34)(H,33,35). The molecule has 0 aliphatic carbocycles. The lowest BCUT2D eigenvalue weighted by Gasteiger charge is -2.24. The van der Waals surface area contributed by atoms with Gasteiger partial charge in [-0.05, 0) is 35.4 Å². The van der Waals surface area contributed by atoms with Crippen LogP contribution < -0.4 is 10.6 Å². The second kappa shape index (κ2) is 12.8. The summed E-state index contributed by atoms with van der Waals surface area (Å²) in [5, 5.41) is 5.63. The van der Waals surface area contributed by atoms with Gasteiger partial charge in [0.05, 0.1) is 0 Å². The Kier molecular flexibility index (Phi) is 8.81. The van der Waals surface area contributed by atoms with Gasteiger partial charge in [-0.1, -0.05) is 97.1 Å². The molecule has 0 fully saturated rings. The first-order chi connectivity index (χ1) is 18.1. The van der Waals surface area contributed by atoms with Gasteiger partial charge in [0.25, 0.3) is 11.8 Å². The summed E-state index contributed by atoms with van der Waals surface area (Å²) >= 11 is 0. The number of esters is 1. The third kappa shape index (κ3) is 7.64. The fraction of sp³-hybridized carbons (Fsp3) is 0.129. The van der Waals surface area contributed by atoms with Crippen LogP contribution in [0.1, 0.15) is 31.8 Å². The molecule has 0 aliphatic heterocycles. The SMILES string of the molecule is O=C(NC(Cc1ccccc1)OC(=O)C(Cc1ccccc1)NC(=O)c1ccccc1)c1ccccc1. The Hall–Kier alpha value is -4.71. The lowest BCUT2D eigenvalue weighted by atomic mass is 10.1. The molecule has 0 saturated heterocycles. The van der Waals surface area contributed by atoms with Crippen molar-refractivity contribution in [3.8, 4) is 0 Å². The summed E-state index contributed by atoms with van der Waals surface area (Å²) < 4.78 is 5.83. The van der Waals surface area contributed by atoms with Gasteiger partial charge in [0.15, 0.2) is 6.23 Å². The minimum atomic E-state index is -0.956. The molecule has 4 aromatic carbocycles. The number of rotatable bonds is 10. The highest BCUT2D eigenvalue weighted by molar-refractivity contribution is 5.97. The summed E-state index contributed by atoms with van der Waals surface area (Å²) in [6, 6.07) is 35.3. The van der Waals surface area contributed by atoms with E-state index in [1.54, 1.807) is 48.5 Å². The van der Waals surface area contributed by atoms with Gasteiger partial charge in [-0.3, -0.25) is 9.59 Å². The minimum absolute atomic E-state index is 0.239. The second-order valence-electron chi connectivity index (χ2n) is 8.54. The molecule has 37 heavy (non-hydrogen) atoms. The Morgan fingerprint density at radius 1 is 0.541 bits per heavy atom. The van der Waals surface area contributed by atoms with Gasteiger partial charge in [0, 0.05) is 24.0 Å². The Balaban J connectivity index is 1.54. The maximum atomic E-state index is 13.4. The van der Waals surface area contributed by atoms with E-state index >= 15 is 0 Å². The van der Waals surface area contributed by atoms with Gasteiger partial charge in [-0.2, -0.15) is 0 Å². The van der Waals surface area contributed by atoms with E-state index in [1.165, 1.54) is 0 Å². The highest BCUT2D eigenvalue weighted by Crippen LogP contribution is 2.11. The first kappa shape index (κ1) is 25.4. The van der Waals surface area contributed by atoms with Crippen LogP contribution in [0.4, 0.5) is 0 Å². The Morgan fingerprint density at radius 3 is 1.43 bits per heavy atom. The third-order valence-electron chi connectivity index (χ3n) is 5.76. The van der Waals surface area contributed by atoms with Crippen LogP contribution in [0.15, 0.2) is 121 Å². The second-order valence-corrected chi connectivity index (χ2v) is 8.54. The Morgan fingerprint density at radius 2 is 0.946 bits per heavy atom. The predicted molar refractivity (Wildman–Crippen MR) is 142 cm³/mol. The molecule has 2 amide bonds. The highest BCUT2D eigenvalue weighted by atomic mass is 16.6. The number of ether oxygens (including phenoxy) is 1. The monoisotopic (exact) mass is 492 g/mol. The molecule has 186 valence electrons. The average molecular weight is 493 g/mol. The normalized spacial score (nSPS) is 12.1. The van der Waals surface area contributed by atoms with Crippen molar-refractivity contribution in [1.82, 2.24) is 10.6 Å². The number of carbonyl (C=O) groups excluding carboxylic acids is 3. The summed E-state index contributed by atoms with van der Waals surface area (Å²) in [6.45, 7) is 0. The number of hydrogen-bond donors (Lipinski definition) is 2. The van der Waals surface area contributed by atoms with E-state index in [-0.39, 0.29) is 24.7 Å². The summed E-state index contributed by atoms with van der Waals surface area (Å²) in [4.78, 5) is 39.2. The fourth-order valence-corrected chi connectivity index (χ4v) is 3.87. The van der Waals surface area contributed by atoms with Crippen LogP contribution in [0.5, 0.6) is 0 Å². The van der Waals surface area contributed by atoms with Crippen LogP contribution in [0.25, 0.3) is 0 Å². The molecule has 2 N–H and O–H groups in total. The van der Waals surface area contributed by atoms with E-state index in [9.17, 15) is 14.4 Å². The summed E-state index contributed by atoms with van der Waals surface area (Å²) in [5.74, 6) is -1.38. The molecular formula is C31H28N2O4. The highest BCUT2D eigenvalue weighted by Gasteiger charge is 2.27. The number of nitrogens with one attached hydrogen (secondary N) is 2. The summed E-state index contributed by atoms with van der Waals surface area (Å²) in [7, 11) is 0. The lowest BCUT2D eigenvalue weighted by Crippen LogP contribution is -2.48. The number of benzene rings is 4. The van der Waals surface area contributed by atoms with E-state index in [1.807, 2.05) is 72.8 Å². The topological polar surface area (TPSA) is 84.5 Å².